The van der Waals surface area contributed by atoms with Crippen LogP contribution in [0.2, 0.25) is 0 Å². The highest BCUT2D eigenvalue weighted by atomic mass is 16.5. The van der Waals surface area contributed by atoms with E-state index in [2.05, 4.69) is 28.8 Å². The second-order valence-corrected chi connectivity index (χ2v) is 6.49. The fraction of sp³-hybridized carbons (Fsp3) is 0.667. The zero-order chi connectivity index (χ0) is 15.2. The van der Waals surface area contributed by atoms with Gasteiger partial charge in [0.15, 0.2) is 11.5 Å². The van der Waals surface area contributed by atoms with E-state index < -0.39 is 0 Å². The fourth-order valence-corrected chi connectivity index (χ4v) is 3.47. The van der Waals surface area contributed by atoms with Crippen molar-refractivity contribution in [2.24, 2.45) is 5.92 Å². The SMILES string of the molecule is COc1ccc(CC2CCCNC2)cc1OC1CCCNC1. The second-order valence-electron chi connectivity index (χ2n) is 6.49. The molecule has 0 spiro atoms. The molecule has 0 bridgehead atoms. The standard InChI is InChI=1S/C18H28N2O2/c1-21-17-7-6-14(10-15-4-2-8-19-12-15)11-18(17)22-16-5-3-9-20-13-16/h6-7,11,15-16,19-20H,2-5,8-10,12-13H2,1H3. The van der Waals surface area contributed by atoms with Gasteiger partial charge in [-0.1, -0.05) is 6.07 Å². The van der Waals surface area contributed by atoms with Crippen LogP contribution in [0.15, 0.2) is 18.2 Å². The van der Waals surface area contributed by atoms with Crippen LogP contribution in [0.3, 0.4) is 0 Å². The summed E-state index contributed by atoms with van der Waals surface area (Å²) < 4.78 is 11.7. The fourth-order valence-electron chi connectivity index (χ4n) is 3.47. The van der Waals surface area contributed by atoms with Crippen molar-refractivity contribution in [1.82, 2.24) is 10.6 Å². The van der Waals surface area contributed by atoms with Gasteiger partial charge >= 0.3 is 0 Å². The lowest BCUT2D eigenvalue weighted by Gasteiger charge is -2.26. The van der Waals surface area contributed by atoms with Crippen LogP contribution in [0.1, 0.15) is 31.2 Å². The molecule has 2 aliphatic rings. The van der Waals surface area contributed by atoms with Crippen LogP contribution in [0.5, 0.6) is 11.5 Å². The second kappa shape index (κ2) is 7.84. The Hall–Kier alpha value is -1.26. The van der Waals surface area contributed by atoms with Crippen molar-refractivity contribution in [3.8, 4) is 11.5 Å². The zero-order valence-electron chi connectivity index (χ0n) is 13.6. The van der Waals surface area contributed by atoms with Gasteiger partial charge in [0.25, 0.3) is 0 Å². The van der Waals surface area contributed by atoms with Gasteiger partial charge in [-0.15, -0.1) is 0 Å². The minimum Gasteiger partial charge on any atom is -0.493 e. The molecule has 0 amide bonds. The van der Waals surface area contributed by atoms with Crippen molar-refractivity contribution in [2.75, 3.05) is 33.3 Å². The van der Waals surface area contributed by atoms with E-state index in [0.717, 1.165) is 49.9 Å². The van der Waals surface area contributed by atoms with Gasteiger partial charge in [-0.25, -0.2) is 0 Å². The summed E-state index contributed by atoms with van der Waals surface area (Å²) in [6.07, 6.45) is 6.29. The number of methoxy groups -OCH3 is 1. The van der Waals surface area contributed by atoms with Gasteiger partial charge < -0.3 is 20.1 Å². The average molecular weight is 304 g/mol. The van der Waals surface area contributed by atoms with Crippen molar-refractivity contribution in [3.05, 3.63) is 23.8 Å². The number of hydrogen-bond acceptors (Lipinski definition) is 4. The number of benzene rings is 1. The van der Waals surface area contributed by atoms with Crippen LogP contribution in [0.4, 0.5) is 0 Å². The lowest BCUT2D eigenvalue weighted by atomic mass is 9.92. The Morgan fingerprint density at radius 1 is 1.05 bits per heavy atom. The predicted molar refractivity (Wildman–Crippen MR) is 88.8 cm³/mol. The average Bonchev–Trinajstić information content (AvgIpc) is 2.57. The highest BCUT2D eigenvalue weighted by Crippen LogP contribution is 2.31. The van der Waals surface area contributed by atoms with Gasteiger partial charge in [-0.2, -0.15) is 0 Å². The molecule has 2 fully saturated rings. The first kappa shape index (κ1) is 15.6. The summed E-state index contributed by atoms with van der Waals surface area (Å²) in [5.74, 6) is 2.49. The van der Waals surface area contributed by atoms with Gasteiger partial charge in [0.05, 0.1) is 7.11 Å². The minimum atomic E-state index is 0.259. The zero-order valence-corrected chi connectivity index (χ0v) is 13.6. The van der Waals surface area contributed by atoms with Crippen molar-refractivity contribution in [1.29, 1.82) is 0 Å². The molecule has 0 aliphatic carbocycles. The molecule has 0 radical (unpaired) electrons. The molecule has 0 saturated carbocycles. The molecule has 22 heavy (non-hydrogen) atoms. The van der Waals surface area contributed by atoms with E-state index in [1.807, 2.05) is 0 Å². The van der Waals surface area contributed by atoms with E-state index in [1.165, 1.54) is 31.4 Å². The van der Waals surface area contributed by atoms with E-state index in [0.29, 0.717) is 0 Å². The molecule has 0 aromatic heterocycles. The number of rotatable bonds is 5. The number of hydrogen-bond donors (Lipinski definition) is 2. The van der Waals surface area contributed by atoms with Crippen LogP contribution in [0, 0.1) is 5.92 Å². The summed E-state index contributed by atoms with van der Waals surface area (Å²) in [4.78, 5) is 0. The summed E-state index contributed by atoms with van der Waals surface area (Å²) in [5, 5.41) is 6.89. The van der Waals surface area contributed by atoms with Gasteiger partial charge in [0.2, 0.25) is 0 Å². The lowest BCUT2D eigenvalue weighted by molar-refractivity contribution is 0.161. The summed E-state index contributed by atoms with van der Waals surface area (Å²) in [6, 6.07) is 6.42. The number of nitrogens with one attached hydrogen (secondary N) is 2. The monoisotopic (exact) mass is 304 g/mol. The molecule has 2 saturated heterocycles. The molecule has 122 valence electrons. The van der Waals surface area contributed by atoms with Gasteiger partial charge in [0, 0.05) is 6.54 Å². The largest absolute Gasteiger partial charge is 0.493 e. The third-order valence-corrected chi connectivity index (χ3v) is 4.70. The van der Waals surface area contributed by atoms with E-state index >= 15 is 0 Å². The number of ether oxygens (including phenoxy) is 2. The summed E-state index contributed by atoms with van der Waals surface area (Å²) >= 11 is 0. The molecule has 2 aliphatic heterocycles. The Balaban J connectivity index is 1.67. The molecule has 3 rings (SSSR count). The van der Waals surface area contributed by atoms with Crippen molar-refractivity contribution in [3.63, 3.8) is 0 Å². The summed E-state index contributed by atoms with van der Waals surface area (Å²) in [5.41, 5.74) is 1.35. The molecule has 2 atom stereocenters. The molecule has 1 aromatic rings. The Kier molecular flexibility index (Phi) is 5.57. The van der Waals surface area contributed by atoms with Gasteiger partial charge in [-0.05, 0) is 75.4 Å². The topological polar surface area (TPSA) is 42.5 Å². The van der Waals surface area contributed by atoms with E-state index in [4.69, 9.17) is 9.47 Å². The maximum absolute atomic E-state index is 6.20. The molecule has 2 heterocycles. The Morgan fingerprint density at radius 3 is 2.55 bits per heavy atom. The Morgan fingerprint density at radius 2 is 1.86 bits per heavy atom. The van der Waals surface area contributed by atoms with Crippen molar-refractivity contribution in [2.45, 2.75) is 38.2 Å². The first-order chi connectivity index (χ1) is 10.8. The van der Waals surface area contributed by atoms with Crippen LogP contribution >= 0.6 is 0 Å². The minimum absolute atomic E-state index is 0.259. The van der Waals surface area contributed by atoms with E-state index in [-0.39, 0.29) is 6.10 Å². The highest BCUT2D eigenvalue weighted by Gasteiger charge is 2.18. The first-order valence-electron chi connectivity index (χ1n) is 8.60. The van der Waals surface area contributed by atoms with Crippen LogP contribution in [-0.2, 0) is 6.42 Å². The molecule has 2 unspecified atom stereocenters. The first-order valence-corrected chi connectivity index (χ1v) is 8.60. The molecule has 2 N–H and O–H groups in total. The Bertz CT molecular complexity index is 466. The third-order valence-electron chi connectivity index (χ3n) is 4.70. The quantitative estimate of drug-likeness (QED) is 0.876. The smallest absolute Gasteiger partial charge is 0.161 e. The molecule has 4 heteroatoms. The van der Waals surface area contributed by atoms with E-state index in [9.17, 15) is 0 Å². The molecule has 4 nitrogen and oxygen atoms in total. The van der Waals surface area contributed by atoms with Crippen molar-refractivity contribution >= 4 is 0 Å². The highest BCUT2D eigenvalue weighted by molar-refractivity contribution is 5.43. The molecule has 1 aromatic carbocycles. The normalized spacial score (nSPS) is 25.7. The van der Waals surface area contributed by atoms with Gasteiger partial charge in [-0.3, -0.25) is 0 Å². The van der Waals surface area contributed by atoms with Gasteiger partial charge in [0.1, 0.15) is 6.10 Å². The van der Waals surface area contributed by atoms with Crippen molar-refractivity contribution < 1.29 is 9.47 Å². The third kappa shape index (κ3) is 4.14. The van der Waals surface area contributed by atoms with E-state index in [1.54, 1.807) is 7.11 Å². The maximum Gasteiger partial charge on any atom is 0.161 e. The molecular formula is C18H28N2O2. The Labute approximate surface area is 133 Å². The lowest BCUT2D eigenvalue weighted by Crippen LogP contribution is -2.37. The number of piperidine rings is 2. The summed E-state index contributed by atoms with van der Waals surface area (Å²) in [6.45, 7) is 4.34. The maximum atomic E-state index is 6.20. The van der Waals surface area contributed by atoms with Crippen LogP contribution in [-0.4, -0.2) is 39.4 Å². The van der Waals surface area contributed by atoms with Crippen LogP contribution in [0.25, 0.3) is 0 Å². The predicted octanol–water partition coefficient (Wildman–Crippen LogP) is 2.37. The van der Waals surface area contributed by atoms with Crippen LogP contribution < -0.4 is 20.1 Å². The summed E-state index contributed by atoms with van der Waals surface area (Å²) in [7, 11) is 1.71. The molecular weight excluding hydrogens is 276 g/mol.